The molecule has 10 atom stereocenters. The molecule has 0 saturated carbocycles. The number of nitrogens with zero attached hydrogens (tertiary/aromatic N) is 5. The number of hydrogen-bond acceptors (Lipinski definition) is 20. The SMILES string of the molecule is C[C@H](NC(=O)[C@@H]1CCCN1C(=O)CNC(=O)[C@H](CO)NC(=O)[C@@H]1CCCN1C(=O)CNC(=O)[C@@H]1CCCN1C(=O)[C@@H]1CCCN1C(=O)CNC(=O)[C@@H]1CCCN1C(=O)[C@H](CO)NC(=O)CN)C(=O)NCC(=O)N[C@@H](CCC(=O)O)C(=O)N[C@@H](CCCNC(=N)N)C(=O)O. The molecule has 516 valence electrons. The maximum absolute atomic E-state index is 14.0. The molecule has 5 fully saturated rings. The molecule has 5 aliphatic rings. The van der Waals surface area contributed by atoms with Gasteiger partial charge in [0, 0.05) is 45.7 Å². The smallest absolute Gasteiger partial charge is 0.326 e. The molecule has 0 bridgehead atoms. The fourth-order valence-electron chi connectivity index (χ4n) is 11.6. The number of rotatable bonds is 33. The summed E-state index contributed by atoms with van der Waals surface area (Å²) in [5, 5.41) is 69.6. The van der Waals surface area contributed by atoms with Gasteiger partial charge >= 0.3 is 11.9 Å². The van der Waals surface area contributed by atoms with Crippen LogP contribution in [0.1, 0.15) is 96.8 Å². The largest absolute Gasteiger partial charge is 0.481 e. The van der Waals surface area contributed by atoms with E-state index < -0.39 is 214 Å². The van der Waals surface area contributed by atoms with Gasteiger partial charge in [0.15, 0.2) is 5.96 Å². The van der Waals surface area contributed by atoms with E-state index in [2.05, 4.69) is 53.2 Å². The number of carbonyl (C=O) groups excluding carboxylic acids is 14. The number of likely N-dealkylation sites (tertiary alicyclic amines) is 5. The number of carbonyl (C=O) groups is 16. The van der Waals surface area contributed by atoms with Gasteiger partial charge in [0.25, 0.3) is 0 Å². The van der Waals surface area contributed by atoms with Crippen LogP contribution in [0.4, 0.5) is 0 Å². The van der Waals surface area contributed by atoms with Crippen LogP contribution in [0.25, 0.3) is 0 Å². The summed E-state index contributed by atoms with van der Waals surface area (Å²) in [6.45, 7) is -2.61. The molecule has 5 heterocycles. The van der Waals surface area contributed by atoms with E-state index in [-0.39, 0.29) is 90.2 Å². The molecule has 5 saturated heterocycles. The minimum atomic E-state index is -1.61. The first-order valence-corrected chi connectivity index (χ1v) is 30.8. The van der Waals surface area contributed by atoms with Gasteiger partial charge < -0.3 is 110 Å². The van der Waals surface area contributed by atoms with Crippen LogP contribution in [-0.2, 0) is 76.7 Å². The first kappa shape index (κ1) is 74.4. The number of carboxylic acids is 2. The summed E-state index contributed by atoms with van der Waals surface area (Å²) < 4.78 is 0. The Morgan fingerprint density at radius 2 is 0.925 bits per heavy atom. The van der Waals surface area contributed by atoms with Crippen LogP contribution < -0.4 is 64.6 Å². The molecule has 0 aliphatic carbocycles. The molecule has 0 aromatic rings. The van der Waals surface area contributed by atoms with E-state index in [0.717, 1.165) is 4.90 Å². The zero-order valence-corrected chi connectivity index (χ0v) is 51.6. The number of amides is 14. The minimum absolute atomic E-state index is 0.0632. The summed E-state index contributed by atoms with van der Waals surface area (Å²) in [5.41, 5.74) is 10.5. The van der Waals surface area contributed by atoms with Gasteiger partial charge in [-0.25, -0.2) is 4.79 Å². The molecule has 93 heavy (non-hydrogen) atoms. The van der Waals surface area contributed by atoms with Crippen LogP contribution in [0, 0.1) is 5.41 Å². The van der Waals surface area contributed by atoms with Gasteiger partial charge in [-0.2, -0.15) is 0 Å². The summed E-state index contributed by atoms with van der Waals surface area (Å²) in [4.78, 5) is 215. The Labute approximate surface area is 533 Å². The van der Waals surface area contributed by atoms with Crippen molar-refractivity contribution in [1.29, 1.82) is 5.41 Å². The topological polar surface area (TPSA) is 566 Å². The highest BCUT2D eigenvalue weighted by Gasteiger charge is 2.44. The average molecular weight is 1320 g/mol. The highest BCUT2D eigenvalue weighted by atomic mass is 16.4. The number of nitrogens with one attached hydrogen (secondary N) is 11. The van der Waals surface area contributed by atoms with Crippen LogP contribution in [0.3, 0.4) is 0 Å². The van der Waals surface area contributed by atoms with Crippen molar-refractivity contribution in [1.82, 2.24) is 77.7 Å². The number of guanidine groups is 1. The number of aliphatic hydroxyl groups excluding tert-OH is 2. The van der Waals surface area contributed by atoms with Gasteiger partial charge in [0.05, 0.1) is 45.9 Å². The van der Waals surface area contributed by atoms with Crippen molar-refractivity contribution in [3.63, 3.8) is 0 Å². The Balaban J connectivity index is 1.04. The van der Waals surface area contributed by atoms with E-state index in [9.17, 15) is 97.1 Å². The van der Waals surface area contributed by atoms with Gasteiger partial charge in [-0.15, -0.1) is 0 Å². The predicted octanol–water partition coefficient (Wildman–Crippen LogP) is -9.99. The Morgan fingerprint density at radius 1 is 0.473 bits per heavy atom. The number of nitrogens with two attached hydrogens (primary N) is 2. The molecule has 0 aromatic heterocycles. The van der Waals surface area contributed by atoms with Crippen molar-refractivity contribution in [2.24, 2.45) is 11.5 Å². The second-order valence-corrected chi connectivity index (χ2v) is 22.9. The quantitative estimate of drug-likeness (QED) is 0.0165. The van der Waals surface area contributed by atoms with Crippen molar-refractivity contribution in [3.8, 4) is 0 Å². The molecular formula is C55H86N18O20. The molecule has 0 spiro atoms. The molecule has 38 heteroatoms. The zero-order valence-electron chi connectivity index (χ0n) is 51.6. The third kappa shape index (κ3) is 21.4. The lowest BCUT2D eigenvalue weighted by atomic mass is 10.1. The van der Waals surface area contributed by atoms with E-state index in [1.807, 2.05) is 0 Å². The van der Waals surface area contributed by atoms with Crippen LogP contribution in [-0.4, -0.2) is 291 Å². The van der Waals surface area contributed by atoms with Gasteiger partial charge in [-0.05, 0) is 90.4 Å². The van der Waals surface area contributed by atoms with Crippen molar-refractivity contribution in [2.45, 2.75) is 157 Å². The first-order valence-electron chi connectivity index (χ1n) is 30.8. The van der Waals surface area contributed by atoms with E-state index >= 15 is 0 Å². The van der Waals surface area contributed by atoms with E-state index in [4.69, 9.17) is 16.9 Å². The second-order valence-electron chi connectivity index (χ2n) is 22.9. The van der Waals surface area contributed by atoms with Crippen LogP contribution in [0.15, 0.2) is 0 Å². The number of carboxylic acid groups (broad SMARTS) is 2. The summed E-state index contributed by atoms with van der Waals surface area (Å²) in [6, 6.07) is -12.5. The van der Waals surface area contributed by atoms with Gasteiger partial charge in [-0.3, -0.25) is 77.3 Å². The first-order chi connectivity index (χ1) is 44.2. The Morgan fingerprint density at radius 3 is 1.43 bits per heavy atom. The molecule has 38 nitrogen and oxygen atoms in total. The minimum Gasteiger partial charge on any atom is -0.481 e. The normalized spacial score (nSPS) is 20.8. The van der Waals surface area contributed by atoms with Crippen molar-refractivity contribution >= 4 is 101 Å². The van der Waals surface area contributed by atoms with Crippen LogP contribution >= 0.6 is 0 Å². The highest BCUT2D eigenvalue weighted by molar-refractivity contribution is 5.99. The molecule has 5 aliphatic heterocycles. The van der Waals surface area contributed by atoms with Crippen molar-refractivity contribution in [2.75, 3.05) is 85.2 Å². The number of aliphatic carboxylic acids is 2. The molecule has 0 aromatic carbocycles. The van der Waals surface area contributed by atoms with Crippen molar-refractivity contribution < 1.29 is 97.1 Å². The van der Waals surface area contributed by atoms with Gasteiger partial charge in [0.2, 0.25) is 82.7 Å². The number of hydrogen-bond donors (Lipinski definition) is 17. The third-order valence-corrected chi connectivity index (χ3v) is 16.4. The molecule has 19 N–H and O–H groups in total. The maximum Gasteiger partial charge on any atom is 0.326 e. The predicted molar refractivity (Wildman–Crippen MR) is 318 cm³/mol. The molecule has 14 amide bonds. The molecule has 0 unspecified atom stereocenters. The van der Waals surface area contributed by atoms with Crippen LogP contribution in [0.2, 0.25) is 0 Å². The second kappa shape index (κ2) is 36.1. The van der Waals surface area contributed by atoms with E-state index in [1.165, 1.54) is 26.5 Å². The Hall–Kier alpha value is -9.33. The van der Waals surface area contributed by atoms with Crippen LogP contribution in [0.5, 0.6) is 0 Å². The monoisotopic (exact) mass is 1320 g/mol. The zero-order chi connectivity index (χ0) is 68.6. The summed E-state index contributed by atoms with van der Waals surface area (Å²) in [6.07, 6.45) is 2.04. The summed E-state index contributed by atoms with van der Waals surface area (Å²) in [7, 11) is 0. The third-order valence-electron chi connectivity index (χ3n) is 16.4. The van der Waals surface area contributed by atoms with Gasteiger partial charge in [-0.1, -0.05) is 0 Å². The molecule has 0 radical (unpaired) electrons. The highest BCUT2D eigenvalue weighted by Crippen LogP contribution is 2.26. The van der Waals surface area contributed by atoms with E-state index in [1.54, 1.807) is 0 Å². The number of aliphatic hydroxyl groups is 2. The standard InChI is InChI=1S/C55H86N18O20/c1-29(45(83)60-23-40(77)65-30(14-15-44(81)82)47(85)67-31(54(92)93)8-2-16-59-55(57)58)64-50(88)36-11-3-17-69(36)41(78)24-61-46(84)32(27-74)68-51(89)37-12-4-18-70(37)42(79)25-62-49(87)35-10-6-21-73(35)53(91)38-13-7-19-71(38)43(80)26-63-48(86)34-9-5-20-72(34)52(90)33(28-75)66-39(76)22-56/h29-38,74-75H,2-28,56H2,1H3,(H,60,83)(H,61,84)(H,62,87)(H,63,86)(H,64,88)(H,65,77)(H,66,76)(H,67,85)(H,68,89)(H,81,82)(H,92,93)(H4,57,58,59)/t29-,30-,31-,32-,33-,34-,35-,36-,37-,38-/m0/s1. The fraction of sp³-hybridized carbons (Fsp3) is 0.691. The summed E-state index contributed by atoms with van der Waals surface area (Å²) in [5.74, 6) is -13.8. The Kier molecular flexibility index (Phi) is 28.8. The maximum atomic E-state index is 14.0. The van der Waals surface area contributed by atoms with E-state index in [0.29, 0.717) is 32.1 Å². The van der Waals surface area contributed by atoms with Crippen molar-refractivity contribution in [3.05, 3.63) is 0 Å². The molecular weight excluding hydrogens is 1230 g/mol. The lowest BCUT2D eigenvalue weighted by Gasteiger charge is -2.31. The lowest BCUT2D eigenvalue weighted by Crippen LogP contribution is -2.57. The van der Waals surface area contributed by atoms with Gasteiger partial charge in [0.1, 0.15) is 60.4 Å². The average Bonchev–Trinajstić information content (AvgIpc) is 1.77. The summed E-state index contributed by atoms with van der Waals surface area (Å²) >= 11 is 0. The Bertz CT molecular complexity index is 2830. The molecule has 5 rings (SSSR count). The fourth-order valence-corrected chi connectivity index (χ4v) is 11.6. The lowest BCUT2D eigenvalue weighted by molar-refractivity contribution is -0.147.